The van der Waals surface area contributed by atoms with Crippen molar-refractivity contribution in [2.75, 3.05) is 12.3 Å². The van der Waals surface area contributed by atoms with Crippen LogP contribution in [0.15, 0.2) is 42.5 Å². The van der Waals surface area contributed by atoms with E-state index < -0.39 is 6.04 Å². The fourth-order valence-electron chi connectivity index (χ4n) is 3.10. The highest BCUT2D eigenvalue weighted by Gasteiger charge is 2.28. The Bertz CT molecular complexity index is 841. The molecule has 0 spiro atoms. The van der Waals surface area contributed by atoms with Gasteiger partial charge in [0.2, 0.25) is 11.8 Å². The molecule has 0 saturated heterocycles. The Morgan fingerprint density at radius 2 is 1.87 bits per heavy atom. The second kappa shape index (κ2) is 12.0. The normalized spacial score (nSPS) is 11.8. The maximum absolute atomic E-state index is 14.0. The maximum Gasteiger partial charge on any atom is 0.242 e. The summed E-state index contributed by atoms with van der Waals surface area (Å²) < 4.78 is 14.0. The van der Waals surface area contributed by atoms with Crippen molar-refractivity contribution < 1.29 is 14.0 Å². The number of carbonyl (C=O) groups excluding carboxylic acids is 2. The molecule has 0 heterocycles. The molecule has 0 saturated carbocycles. The minimum Gasteiger partial charge on any atom is -0.355 e. The third-order valence-corrected chi connectivity index (χ3v) is 6.04. The lowest BCUT2D eigenvalue weighted by molar-refractivity contribution is -0.139. The average Bonchev–Trinajstić information content (AvgIpc) is 2.71. The molecule has 2 aromatic rings. The van der Waals surface area contributed by atoms with Crippen molar-refractivity contribution >= 4 is 35.2 Å². The molecule has 2 rings (SSSR count). The molecule has 1 atom stereocenters. The van der Waals surface area contributed by atoms with E-state index in [9.17, 15) is 14.0 Å². The van der Waals surface area contributed by atoms with Crippen LogP contribution >= 0.6 is 23.4 Å². The van der Waals surface area contributed by atoms with E-state index in [0.717, 1.165) is 11.1 Å². The van der Waals surface area contributed by atoms with E-state index in [2.05, 4.69) is 5.32 Å². The van der Waals surface area contributed by atoms with Gasteiger partial charge < -0.3 is 10.2 Å². The lowest BCUT2D eigenvalue weighted by Gasteiger charge is -2.30. The van der Waals surface area contributed by atoms with Crippen molar-refractivity contribution in [3.63, 3.8) is 0 Å². The van der Waals surface area contributed by atoms with Gasteiger partial charge in [-0.3, -0.25) is 9.59 Å². The highest BCUT2D eigenvalue weighted by atomic mass is 35.5. The zero-order chi connectivity index (χ0) is 22.1. The number of likely N-dealkylation sites (N-methyl/N-ethyl adjacent to an activating group) is 1. The third-order valence-electron chi connectivity index (χ3n) is 4.74. The van der Waals surface area contributed by atoms with Gasteiger partial charge in [-0.1, -0.05) is 54.4 Å². The molecule has 2 amide bonds. The summed E-state index contributed by atoms with van der Waals surface area (Å²) in [4.78, 5) is 27.3. The average molecular weight is 451 g/mol. The van der Waals surface area contributed by atoms with Crippen LogP contribution in [0.3, 0.4) is 0 Å². The highest BCUT2D eigenvalue weighted by molar-refractivity contribution is 7.99. The molecule has 0 aromatic heterocycles. The maximum atomic E-state index is 14.0. The number of nitrogens with zero attached hydrogens (tertiary/aromatic N) is 1. The summed E-state index contributed by atoms with van der Waals surface area (Å²) in [5.74, 6) is -0.290. The number of carbonyl (C=O) groups is 2. The van der Waals surface area contributed by atoms with Gasteiger partial charge in [0.15, 0.2) is 0 Å². The van der Waals surface area contributed by atoms with Crippen LogP contribution in [0.4, 0.5) is 4.39 Å². The first-order valence-corrected chi connectivity index (χ1v) is 11.5. The van der Waals surface area contributed by atoms with Crippen LogP contribution in [0, 0.1) is 12.7 Å². The van der Waals surface area contributed by atoms with E-state index in [1.165, 1.54) is 17.8 Å². The first-order valence-electron chi connectivity index (χ1n) is 10.0. The van der Waals surface area contributed by atoms with Crippen molar-refractivity contribution in [2.24, 2.45) is 0 Å². The first-order chi connectivity index (χ1) is 14.4. The zero-order valence-electron chi connectivity index (χ0n) is 17.6. The molecule has 1 N–H and O–H groups in total. The standard InChI is InChI=1S/C23H28ClFN2O2S/c1-4-21(23(29)26-5-2)27(13-17-11-9-16(3)10-12-17)22(28)15-30-14-18-19(24)7-6-8-20(18)25/h6-12,21H,4-5,13-15H2,1-3H3,(H,26,29)/t21-/m1/s1. The summed E-state index contributed by atoms with van der Waals surface area (Å²) in [5.41, 5.74) is 2.47. The van der Waals surface area contributed by atoms with Crippen LogP contribution in [0.25, 0.3) is 0 Å². The third kappa shape index (κ3) is 6.74. The fourth-order valence-corrected chi connectivity index (χ4v) is 4.34. The molecule has 162 valence electrons. The molecule has 30 heavy (non-hydrogen) atoms. The minimum absolute atomic E-state index is 0.131. The molecule has 0 aliphatic rings. The second-order valence-electron chi connectivity index (χ2n) is 7.02. The van der Waals surface area contributed by atoms with E-state index in [0.29, 0.717) is 30.1 Å². The Kier molecular flexibility index (Phi) is 9.66. The molecule has 0 aliphatic carbocycles. The van der Waals surface area contributed by atoms with Crippen molar-refractivity contribution in [2.45, 2.75) is 45.5 Å². The van der Waals surface area contributed by atoms with Crippen molar-refractivity contribution in [3.05, 3.63) is 70.0 Å². The SMILES string of the molecule is CCNC(=O)[C@@H](CC)N(Cc1ccc(C)cc1)C(=O)CSCc1c(F)cccc1Cl. The smallest absolute Gasteiger partial charge is 0.242 e. The topological polar surface area (TPSA) is 49.4 Å². The Balaban J connectivity index is 2.14. The number of hydrogen-bond donors (Lipinski definition) is 1. The van der Waals surface area contributed by atoms with Crippen LogP contribution in [0.2, 0.25) is 5.02 Å². The summed E-state index contributed by atoms with van der Waals surface area (Å²) in [6, 6.07) is 11.9. The van der Waals surface area contributed by atoms with E-state index in [1.54, 1.807) is 17.0 Å². The van der Waals surface area contributed by atoms with Crippen molar-refractivity contribution in [1.29, 1.82) is 0 Å². The predicted octanol–water partition coefficient (Wildman–Crippen LogP) is 4.96. The zero-order valence-corrected chi connectivity index (χ0v) is 19.2. The predicted molar refractivity (Wildman–Crippen MR) is 122 cm³/mol. The molecule has 0 unspecified atom stereocenters. The van der Waals surface area contributed by atoms with E-state index in [-0.39, 0.29) is 29.1 Å². The Hall–Kier alpha value is -2.05. The van der Waals surface area contributed by atoms with Gasteiger partial charge in [0.25, 0.3) is 0 Å². The van der Waals surface area contributed by atoms with Crippen LogP contribution < -0.4 is 5.32 Å². The molecule has 7 heteroatoms. The lowest BCUT2D eigenvalue weighted by atomic mass is 10.1. The van der Waals surface area contributed by atoms with Crippen LogP contribution in [-0.2, 0) is 21.9 Å². The first kappa shape index (κ1) is 24.2. The number of nitrogens with one attached hydrogen (secondary N) is 1. The summed E-state index contributed by atoms with van der Waals surface area (Å²) in [6.07, 6.45) is 0.507. The molecular weight excluding hydrogens is 423 g/mol. The van der Waals surface area contributed by atoms with Crippen LogP contribution in [0.1, 0.15) is 37.0 Å². The molecule has 4 nitrogen and oxygen atoms in total. The number of thioether (sulfide) groups is 1. The van der Waals surface area contributed by atoms with Gasteiger partial charge in [0.1, 0.15) is 11.9 Å². The van der Waals surface area contributed by atoms with Crippen LogP contribution in [0.5, 0.6) is 0 Å². The fraction of sp³-hybridized carbons (Fsp3) is 0.391. The molecule has 0 aliphatic heterocycles. The molecule has 0 fully saturated rings. The summed E-state index contributed by atoms with van der Waals surface area (Å²) in [5, 5.41) is 3.16. The highest BCUT2D eigenvalue weighted by Crippen LogP contribution is 2.24. The van der Waals surface area contributed by atoms with Gasteiger partial charge in [-0.05, 0) is 38.0 Å². The monoisotopic (exact) mass is 450 g/mol. The van der Waals surface area contributed by atoms with Gasteiger partial charge >= 0.3 is 0 Å². The van der Waals surface area contributed by atoms with E-state index >= 15 is 0 Å². The van der Waals surface area contributed by atoms with Crippen LogP contribution in [-0.4, -0.2) is 35.1 Å². The van der Waals surface area contributed by atoms with Gasteiger partial charge in [-0.2, -0.15) is 0 Å². The van der Waals surface area contributed by atoms with Crippen molar-refractivity contribution in [1.82, 2.24) is 10.2 Å². The second-order valence-corrected chi connectivity index (χ2v) is 8.41. The molecule has 0 bridgehead atoms. The van der Waals surface area contributed by atoms with Gasteiger partial charge in [-0.15, -0.1) is 11.8 Å². The molecule has 2 aromatic carbocycles. The number of hydrogen-bond acceptors (Lipinski definition) is 3. The summed E-state index contributed by atoms with van der Waals surface area (Å²) >= 11 is 7.36. The minimum atomic E-state index is -0.559. The largest absolute Gasteiger partial charge is 0.355 e. The Morgan fingerprint density at radius 1 is 1.17 bits per heavy atom. The van der Waals surface area contributed by atoms with E-state index in [4.69, 9.17) is 11.6 Å². The summed E-state index contributed by atoms with van der Waals surface area (Å²) in [7, 11) is 0. The number of rotatable bonds is 10. The van der Waals surface area contributed by atoms with Gasteiger partial charge in [0, 0.05) is 29.4 Å². The molecule has 0 radical (unpaired) electrons. The Labute approximate surface area is 187 Å². The number of amides is 2. The molecular formula is C23H28ClFN2O2S. The van der Waals surface area contributed by atoms with Crippen molar-refractivity contribution in [3.8, 4) is 0 Å². The van der Waals surface area contributed by atoms with E-state index in [1.807, 2.05) is 45.0 Å². The number of aryl methyl sites for hydroxylation is 1. The number of halogens is 2. The van der Waals surface area contributed by atoms with Gasteiger partial charge in [0.05, 0.1) is 5.75 Å². The summed E-state index contributed by atoms with van der Waals surface area (Å²) in [6.45, 7) is 6.59. The number of benzene rings is 2. The van der Waals surface area contributed by atoms with Gasteiger partial charge in [-0.25, -0.2) is 4.39 Å². The lowest BCUT2D eigenvalue weighted by Crippen LogP contribution is -2.49. The Morgan fingerprint density at radius 3 is 2.47 bits per heavy atom. The quantitative estimate of drug-likeness (QED) is 0.556.